The molecule has 0 unspecified atom stereocenters. The highest BCUT2D eigenvalue weighted by molar-refractivity contribution is 6.04. The first-order chi connectivity index (χ1) is 8.17. The summed E-state index contributed by atoms with van der Waals surface area (Å²) in [6.45, 7) is 0. The molecule has 0 spiro atoms. The third kappa shape index (κ3) is 1.70. The van der Waals surface area contributed by atoms with Gasteiger partial charge in [-0.15, -0.1) is 0 Å². The highest BCUT2D eigenvalue weighted by atomic mass is 16.1. The van der Waals surface area contributed by atoms with Crippen LogP contribution in [0.5, 0.6) is 0 Å². The number of H-pyrrole nitrogens is 1. The third-order valence-corrected chi connectivity index (χ3v) is 2.32. The number of hydrogen-bond donors (Lipinski definition) is 3. The summed E-state index contributed by atoms with van der Waals surface area (Å²) in [6, 6.07) is 6.90. The SMILES string of the molecule is N#CC(=CN)c1nc2c(C(N)=O)cccc2[nH]1. The number of nitrogens with one attached hydrogen (secondary N) is 1. The lowest BCUT2D eigenvalue weighted by molar-refractivity contribution is 0.100. The van der Waals surface area contributed by atoms with Crippen LogP contribution in [-0.4, -0.2) is 15.9 Å². The van der Waals surface area contributed by atoms with Crippen molar-refractivity contribution in [2.45, 2.75) is 0 Å². The molecule has 6 heteroatoms. The monoisotopic (exact) mass is 227 g/mol. The van der Waals surface area contributed by atoms with Gasteiger partial charge in [0, 0.05) is 6.20 Å². The lowest BCUT2D eigenvalue weighted by atomic mass is 10.2. The lowest BCUT2D eigenvalue weighted by Crippen LogP contribution is -2.11. The van der Waals surface area contributed by atoms with E-state index < -0.39 is 5.91 Å². The van der Waals surface area contributed by atoms with Crippen LogP contribution in [0, 0.1) is 11.3 Å². The zero-order chi connectivity index (χ0) is 12.4. The molecule has 1 aromatic carbocycles. The number of nitrogens with two attached hydrogens (primary N) is 2. The van der Waals surface area contributed by atoms with Gasteiger partial charge in [0.25, 0.3) is 5.91 Å². The van der Waals surface area contributed by atoms with Crippen LogP contribution >= 0.6 is 0 Å². The van der Waals surface area contributed by atoms with Crippen molar-refractivity contribution in [2.75, 3.05) is 0 Å². The molecule has 1 aromatic heterocycles. The number of nitriles is 1. The van der Waals surface area contributed by atoms with Gasteiger partial charge in [-0.25, -0.2) is 4.98 Å². The van der Waals surface area contributed by atoms with Crippen LogP contribution in [0.15, 0.2) is 24.4 Å². The Bertz CT molecular complexity index is 662. The molecule has 0 saturated carbocycles. The van der Waals surface area contributed by atoms with Crippen molar-refractivity contribution in [3.63, 3.8) is 0 Å². The maximum absolute atomic E-state index is 11.2. The zero-order valence-corrected chi connectivity index (χ0v) is 8.77. The van der Waals surface area contributed by atoms with Crippen molar-refractivity contribution in [2.24, 2.45) is 11.5 Å². The Hall–Kier alpha value is -2.81. The lowest BCUT2D eigenvalue weighted by Gasteiger charge is -1.94. The second kappa shape index (κ2) is 3.98. The van der Waals surface area contributed by atoms with E-state index in [1.807, 2.05) is 6.07 Å². The van der Waals surface area contributed by atoms with Crippen LogP contribution in [0.2, 0.25) is 0 Å². The van der Waals surface area contributed by atoms with E-state index in [1.54, 1.807) is 18.2 Å². The van der Waals surface area contributed by atoms with E-state index in [4.69, 9.17) is 16.7 Å². The fourth-order valence-electron chi connectivity index (χ4n) is 1.53. The quantitative estimate of drug-likeness (QED) is 0.646. The molecule has 6 nitrogen and oxygen atoms in total. The number of rotatable bonds is 2. The van der Waals surface area contributed by atoms with E-state index in [9.17, 15) is 4.79 Å². The Morgan fingerprint density at radius 2 is 2.29 bits per heavy atom. The molecule has 0 atom stereocenters. The average Bonchev–Trinajstić information content (AvgIpc) is 2.73. The van der Waals surface area contributed by atoms with Crippen molar-refractivity contribution >= 4 is 22.5 Å². The summed E-state index contributed by atoms with van der Waals surface area (Å²) in [7, 11) is 0. The summed E-state index contributed by atoms with van der Waals surface area (Å²) < 4.78 is 0. The molecular formula is C11H9N5O. The second-order valence-electron chi connectivity index (χ2n) is 3.34. The number of primary amides is 1. The largest absolute Gasteiger partial charge is 0.403 e. The fraction of sp³-hybridized carbons (Fsp3) is 0. The molecule has 0 radical (unpaired) electrons. The van der Waals surface area contributed by atoms with Gasteiger partial charge >= 0.3 is 0 Å². The number of aromatic amines is 1. The summed E-state index contributed by atoms with van der Waals surface area (Å²) in [5.41, 5.74) is 12.1. The highest BCUT2D eigenvalue weighted by Gasteiger charge is 2.12. The third-order valence-electron chi connectivity index (χ3n) is 2.32. The molecule has 17 heavy (non-hydrogen) atoms. The topological polar surface area (TPSA) is 122 Å². The number of aromatic nitrogens is 2. The first-order valence-electron chi connectivity index (χ1n) is 4.78. The zero-order valence-electron chi connectivity index (χ0n) is 8.77. The van der Waals surface area contributed by atoms with Crippen LogP contribution in [0.4, 0.5) is 0 Å². The van der Waals surface area contributed by atoms with Crippen molar-refractivity contribution in [1.82, 2.24) is 9.97 Å². The number of nitrogens with zero attached hydrogens (tertiary/aromatic N) is 2. The van der Waals surface area contributed by atoms with Crippen LogP contribution in [-0.2, 0) is 0 Å². The van der Waals surface area contributed by atoms with E-state index in [2.05, 4.69) is 9.97 Å². The second-order valence-corrected chi connectivity index (χ2v) is 3.34. The summed E-state index contributed by atoms with van der Waals surface area (Å²) in [5, 5.41) is 8.83. The normalized spacial score (nSPS) is 11.4. The minimum Gasteiger partial charge on any atom is -0.403 e. The predicted octanol–water partition coefficient (Wildman–Crippen LogP) is 0.485. The molecule has 0 fully saturated rings. The number of carbonyl (C=O) groups is 1. The van der Waals surface area contributed by atoms with E-state index >= 15 is 0 Å². The molecule has 0 saturated heterocycles. The van der Waals surface area contributed by atoms with Gasteiger partial charge in [0.2, 0.25) is 0 Å². The van der Waals surface area contributed by atoms with Crippen molar-refractivity contribution in [1.29, 1.82) is 5.26 Å². The maximum atomic E-state index is 11.2. The summed E-state index contributed by atoms with van der Waals surface area (Å²) >= 11 is 0. The Kier molecular flexibility index (Phi) is 2.51. The number of hydrogen-bond acceptors (Lipinski definition) is 4. The van der Waals surface area contributed by atoms with E-state index in [0.717, 1.165) is 6.20 Å². The fourth-order valence-corrected chi connectivity index (χ4v) is 1.53. The number of fused-ring (bicyclic) bond motifs is 1. The maximum Gasteiger partial charge on any atom is 0.250 e. The molecule has 0 aliphatic rings. The standard InChI is InChI=1S/C11H9N5O/c12-4-6(5-13)11-15-8-3-1-2-7(10(14)17)9(8)16-11/h1-4H,12H2,(H2,14,17)(H,15,16). The van der Waals surface area contributed by atoms with Crippen LogP contribution in [0.25, 0.3) is 16.6 Å². The van der Waals surface area contributed by atoms with Gasteiger partial charge in [-0.1, -0.05) is 6.07 Å². The Morgan fingerprint density at radius 1 is 1.53 bits per heavy atom. The molecule has 84 valence electrons. The molecule has 2 rings (SSSR count). The Labute approximate surface area is 96.5 Å². The highest BCUT2D eigenvalue weighted by Crippen LogP contribution is 2.19. The first-order valence-corrected chi connectivity index (χ1v) is 4.78. The van der Waals surface area contributed by atoms with Crippen molar-refractivity contribution in [3.8, 4) is 6.07 Å². The molecule has 2 aromatic rings. The number of imidazole rings is 1. The van der Waals surface area contributed by atoms with Gasteiger partial charge in [-0.05, 0) is 12.1 Å². The molecule has 1 amide bonds. The Morgan fingerprint density at radius 3 is 2.88 bits per heavy atom. The smallest absolute Gasteiger partial charge is 0.250 e. The molecule has 0 aliphatic carbocycles. The van der Waals surface area contributed by atoms with Crippen molar-refractivity contribution in [3.05, 3.63) is 35.8 Å². The number of benzene rings is 1. The average molecular weight is 227 g/mol. The predicted molar refractivity (Wildman–Crippen MR) is 62.4 cm³/mol. The number of carbonyl (C=O) groups excluding carboxylic acids is 1. The number of allylic oxidation sites excluding steroid dienone is 1. The van der Waals surface area contributed by atoms with Crippen LogP contribution in [0.3, 0.4) is 0 Å². The number of para-hydroxylation sites is 1. The van der Waals surface area contributed by atoms with Gasteiger partial charge in [0.1, 0.15) is 17.2 Å². The van der Waals surface area contributed by atoms with Crippen LogP contribution < -0.4 is 11.5 Å². The minimum atomic E-state index is -0.566. The Balaban J connectivity index is 2.71. The van der Waals surface area contributed by atoms with E-state index in [-0.39, 0.29) is 5.57 Å². The molecule has 5 N–H and O–H groups in total. The molecule has 0 bridgehead atoms. The summed E-state index contributed by atoms with van der Waals surface area (Å²) in [6.07, 6.45) is 1.15. The molecule has 0 aliphatic heterocycles. The van der Waals surface area contributed by atoms with Gasteiger partial charge in [0.05, 0.1) is 11.1 Å². The summed E-state index contributed by atoms with van der Waals surface area (Å²) in [4.78, 5) is 18.2. The van der Waals surface area contributed by atoms with Crippen LogP contribution in [0.1, 0.15) is 16.2 Å². The first kappa shape index (κ1) is 10.7. The van der Waals surface area contributed by atoms with Gasteiger partial charge in [0.15, 0.2) is 5.82 Å². The molecular weight excluding hydrogens is 218 g/mol. The number of amides is 1. The van der Waals surface area contributed by atoms with E-state index in [0.29, 0.717) is 22.4 Å². The van der Waals surface area contributed by atoms with Gasteiger partial charge < -0.3 is 16.5 Å². The van der Waals surface area contributed by atoms with Gasteiger partial charge in [-0.3, -0.25) is 4.79 Å². The summed E-state index contributed by atoms with van der Waals surface area (Å²) in [5.74, 6) is -0.248. The van der Waals surface area contributed by atoms with Gasteiger partial charge in [-0.2, -0.15) is 5.26 Å². The molecule has 1 heterocycles. The van der Waals surface area contributed by atoms with E-state index in [1.165, 1.54) is 0 Å². The minimum absolute atomic E-state index is 0.205. The van der Waals surface area contributed by atoms with Crippen molar-refractivity contribution < 1.29 is 4.79 Å².